The summed E-state index contributed by atoms with van der Waals surface area (Å²) in [6.45, 7) is 7.61. The van der Waals surface area contributed by atoms with Gasteiger partial charge in [-0.25, -0.2) is 0 Å². The van der Waals surface area contributed by atoms with Gasteiger partial charge in [0.15, 0.2) is 5.78 Å². The fourth-order valence-electron chi connectivity index (χ4n) is 3.17. The molecule has 0 saturated carbocycles. The molecule has 2 amide bonds. The third-order valence-electron chi connectivity index (χ3n) is 4.86. The number of benzene rings is 1. The summed E-state index contributed by atoms with van der Waals surface area (Å²) in [6, 6.07) is 7.07. The summed E-state index contributed by atoms with van der Waals surface area (Å²) in [6.07, 6.45) is 3.06. The molecule has 6 heteroatoms. The molecule has 1 N–H and O–H groups in total. The molecule has 2 rings (SSSR count). The Balaban J connectivity index is 1.80. The van der Waals surface area contributed by atoms with Crippen molar-refractivity contribution >= 4 is 17.6 Å². The highest BCUT2D eigenvalue weighted by molar-refractivity contribution is 5.98. The number of carbonyl (C=O) groups is 3. The van der Waals surface area contributed by atoms with Gasteiger partial charge in [0.05, 0.1) is 6.61 Å². The number of nitrogens with one attached hydrogen (secondary N) is 1. The molecular weight excluding hydrogens is 356 g/mol. The summed E-state index contributed by atoms with van der Waals surface area (Å²) in [5, 5.41) is 3.00. The molecular formula is C22H32N2O4. The molecule has 0 spiro atoms. The number of ketones is 1. The van der Waals surface area contributed by atoms with E-state index in [4.69, 9.17) is 4.74 Å². The van der Waals surface area contributed by atoms with E-state index in [-0.39, 0.29) is 42.4 Å². The Morgan fingerprint density at radius 3 is 2.54 bits per heavy atom. The molecule has 1 aromatic carbocycles. The average Bonchev–Trinajstić information content (AvgIpc) is 2.70. The molecule has 0 radical (unpaired) electrons. The number of hydrogen-bond acceptors (Lipinski definition) is 4. The van der Waals surface area contributed by atoms with Crippen molar-refractivity contribution in [1.29, 1.82) is 0 Å². The zero-order chi connectivity index (χ0) is 20.5. The second kappa shape index (κ2) is 10.8. The van der Waals surface area contributed by atoms with Crippen LogP contribution in [0.5, 0.6) is 5.75 Å². The van der Waals surface area contributed by atoms with Crippen LogP contribution in [0.15, 0.2) is 24.3 Å². The second-order valence-corrected chi connectivity index (χ2v) is 7.64. The molecule has 1 aliphatic heterocycles. The van der Waals surface area contributed by atoms with E-state index in [9.17, 15) is 14.4 Å². The fraction of sp³-hybridized carbons (Fsp3) is 0.591. The van der Waals surface area contributed by atoms with E-state index >= 15 is 0 Å². The van der Waals surface area contributed by atoms with Crippen molar-refractivity contribution in [2.75, 3.05) is 19.7 Å². The quantitative estimate of drug-likeness (QED) is 0.659. The zero-order valence-electron chi connectivity index (χ0n) is 17.2. The van der Waals surface area contributed by atoms with Gasteiger partial charge in [-0.3, -0.25) is 14.4 Å². The van der Waals surface area contributed by atoms with Crippen LogP contribution in [0.3, 0.4) is 0 Å². The Hall–Kier alpha value is -2.37. The van der Waals surface area contributed by atoms with Crippen LogP contribution >= 0.6 is 0 Å². The van der Waals surface area contributed by atoms with Crippen molar-refractivity contribution in [1.82, 2.24) is 10.2 Å². The van der Waals surface area contributed by atoms with Crippen molar-refractivity contribution in [3.8, 4) is 5.75 Å². The van der Waals surface area contributed by atoms with E-state index in [1.165, 1.54) is 0 Å². The fourth-order valence-corrected chi connectivity index (χ4v) is 3.17. The Kier molecular flexibility index (Phi) is 8.48. The summed E-state index contributed by atoms with van der Waals surface area (Å²) in [5.74, 6) is 0.623. The standard InChI is InChI=1S/C22H32N2O4/c1-4-14-28-19-9-7-17(8-10-19)20(25)11-12-21(26)24-13-5-6-18(15-24)23-22(27)16(2)3/h7-10,16,18H,4-6,11-15H2,1-3H3,(H,23,27). The minimum atomic E-state index is -0.0672. The molecule has 1 atom stereocenters. The lowest BCUT2D eigenvalue weighted by atomic mass is 10.0. The summed E-state index contributed by atoms with van der Waals surface area (Å²) < 4.78 is 5.52. The molecule has 1 heterocycles. The van der Waals surface area contributed by atoms with Crippen LogP contribution < -0.4 is 10.1 Å². The minimum absolute atomic E-state index is 0.000957. The topological polar surface area (TPSA) is 75.7 Å². The van der Waals surface area contributed by atoms with Gasteiger partial charge in [-0.05, 0) is 43.5 Å². The van der Waals surface area contributed by atoms with E-state index in [2.05, 4.69) is 5.32 Å². The molecule has 0 aliphatic carbocycles. The Bertz CT molecular complexity index is 670. The van der Waals surface area contributed by atoms with Crippen molar-refractivity contribution in [3.63, 3.8) is 0 Å². The molecule has 1 saturated heterocycles. The summed E-state index contributed by atoms with van der Waals surface area (Å²) in [5.41, 5.74) is 0.595. The maximum absolute atomic E-state index is 12.5. The lowest BCUT2D eigenvalue weighted by Crippen LogP contribution is -2.50. The van der Waals surface area contributed by atoms with Gasteiger partial charge in [-0.2, -0.15) is 0 Å². The van der Waals surface area contributed by atoms with E-state index < -0.39 is 0 Å². The van der Waals surface area contributed by atoms with Crippen LogP contribution in [0.2, 0.25) is 0 Å². The lowest BCUT2D eigenvalue weighted by molar-refractivity contribution is -0.134. The number of carbonyl (C=O) groups excluding carboxylic acids is 3. The minimum Gasteiger partial charge on any atom is -0.494 e. The highest BCUT2D eigenvalue weighted by Gasteiger charge is 2.25. The van der Waals surface area contributed by atoms with Crippen LogP contribution in [0, 0.1) is 5.92 Å². The molecule has 1 unspecified atom stereocenters. The van der Waals surface area contributed by atoms with E-state index in [0.29, 0.717) is 25.3 Å². The first-order valence-electron chi connectivity index (χ1n) is 10.2. The number of piperidine rings is 1. The second-order valence-electron chi connectivity index (χ2n) is 7.64. The van der Waals surface area contributed by atoms with E-state index in [1.54, 1.807) is 29.2 Å². The molecule has 1 aliphatic rings. The third-order valence-corrected chi connectivity index (χ3v) is 4.86. The monoisotopic (exact) mass is 388 g/mol. The number of rotatable bonds is 9. The van der Waals surface area contributed by atoms with Crippen LogP contribution in [0.25, 0.3) is 0 Å². The normalized spacial score (nSPS) is 16.7. The Morgan fingerprint density at radius 1 is 1.18 bits per heavy atom. The number of hydrogen-bond donors (Lipinski definition) is 1. The van der Waals surface area contributed by atoms with E-state index in [1.807, 2.05) is 20.8 Å². The maximum Gasteiger partial charge on any atom is 0.223 e. The first-order valence-corrected chi connectivity index (χ1v) is 10.2. The van der Waals surface area contributed by atoms with Crippen LogP contribution in [-0.2, 0) is 9.59 Å². The molecule has 1 aromatic rings. The Morgan fingerprint density at radius 2 is 1.89 bits per heavy atom. The molecule has 154 valence electrons. The lowest BCUT2D eigenvalue weighted by Gasteiger charge is -2.33. The first kappa shape index (κ1) is 21.9. The number of ether oxygens (including phenoxy) is 1. The Labute approximate surface area is 167 Å². The smallest absolute Gasteiger partial charge is 0.223 e. The average molecular weight is 389 g/mol. The number of nitrogens with zero attached hydrogens (tertiary/aromatic N) is 1. The zero-order valence-corrected chi connectivity index (χ0v) is 17.2. The van der Waals surface area contributed by atoms with Crippen molar-refractivity contribution < 1.29 is 19.1 Å². The van der Waals surface area contributed by atoms with Gasteiger partial charge >= 0.3 is 0 Å². The highest BCUT2D eigenvalue weighted by Crippen LogP contribution is 2.16. The van der Waals surface area contributed by atoms with Gasteiger partial charge in [0.2, 0.25) is 11.8 Å². The van der Waals surface area contributed by atoms with Gasteiger partial charge in [-0.1, -0.05) is 20.8 Å². The summed E-state index contributed by atoms with van der Waals surface area (Å²) in [7, 11) is 0. The molecule has 0 bridgehead atoms. The molecule has 1 fully saturated rings. The first-order chi connectivity index (χ1) is 13.4. The van der Waals surface area contributed by atoms with Crippen LogP contribution in [0.4, 0.5) is 0 Å². The largest absolute Gasteiger partial charge is 0.494 e. The van der Waals surface area contributed by atoms with Gasteiger partial charge in [0.1, 0.15) is 5.75 Å². The van der Waals surface area contributed by atoms with Gasteiger partial charge < -0.3 is 15.0 Å². The maximum atomic E-state index is 12.5. The van der Waals surface area contributed by atoms with Crippen molar-refractivity contribution in [2.24, 2.45) is 5.92 Å². The number of likely N-dealkylation sites (tertiary alicyclic amines) is 1. The third kappa shape index (κ3) is 6.66. The SMILES string of the molecule is CCCOc1ccc(C(=O)CCC(=O)N2CCCC(NC(=O)C(C)C)C2)cc1. The number of Topliss-reactive ketones (excluding diaryl/α,β-unsaturated/α-hetero) is 1. The summed E-state index contributed by atoms with van der Waals surface area (Å²) >= 11 is 0. The van der Waals surface area contributed by atoms with Crippen molar-refractivity contribution in [2.45, 2.75) is 58.9 Å². The molecule has 28 heavy (non-hydrogen) atoms. The summed E-state index contributed by atoms with van der Waals surface area (Å²) in [4.78, 5) is 38.5. The van der Waals surface area contributed by atoms with Gasteiger partial charge in [0, 0.05) is 43.5 Å². The predicted molar refractivity (Wildman–Crippen MR) is 108 cm³/mol. The number of amides is 2. The van der Waals surface area contributed by atoms with Crippen LogP contribution in [0.1, 0.15) is 63.2 Å². The van der Waals surface area contributed by atoms with Gasteiger partial charge in [0.25, 0.3) is 0 Å². The van der Waals surface area contributed by atoms with Gasteiger partial charge in [-0.15, -0.1) is 0 Å². The molecule has 0 aromatic heterocycles. The van der Waals surface area contributed by atoms with E-state index in [0.717, 1.165) is 25.0 Å². The predicted octanol–water partition coefficient (Wildman–Crippen LogP) is 3.20. The molecule has 6 nitrogen and oxygen atoms in total. The highest BCUT2D eigenvalue weighted by atomic mass is 16.5. The van der Waals surface area contributed by atoms with Crippen LogP contribution in [-0.4, -0.2) is 48.2 Å². The van der Waals surface area contributed by atoms with Crippen molar-refractivity contribution in [3.05, 3.63) is 29.8 Å².